The molecule has 0 aliphatic rings. The minimum atomic E-state index is -0.373. The van der Waals surface area contributed by atoms with Crippen LogP contribution in [0.15, 0.2) is 21.9 Å². The van der Waals surface area contributed by atoms with Gasteiger partial charge in [0.05, 0.1) is 25.5 Å². The Kier molecular flexibility index (Phi) is 5.59. The maximum atomic E-state index is 11.4. The van der Waals surface area contributed by atoms with Crippen molar-refractivity contribution in [1.29, 1.82) is 0 Å². The lowest BCUT2D eigenvalue weighted by molar-refractivity contribution is -0.143. The number of nitrogens with zero attached hydrogens (tertiary/aromatic N) is 4. The molecule has 0 fully saturated rings. The molecule has 0 N–H and O–H groups in total. The van der Waals surface area contributed by atoms with E-state index < -0.39 is 0 Å². The molecular weight excluding hydrogens is 368 g/mol. The van der Waals surface area contributed by atoms with Crippen LogP contribution in [0.25, 0.3) is 11.0 Å². The van der Waals surface area contributed by atoms with Gasteiger partial charge in [-0.2, -0.15) is 4.98 Å². The van der Waals surface area contributed by atoms with Crippen LogP contribution in [0.1, 0.15) is 18.4 Å². The molecule has 0 aromatic carbocycles. The number of carbonyl (C=O) groups excluding carboxylic acids is 1. The number of hydrogen-bond donors (Lipinski definition) is 0. The Morgan fingerprint density at radius 2 is 2.25 bits per heavy atom. The fraction of sp³-hybridized carbons (Fsp3) is 0.357. The van der Waals surface area contributed by atoms with E-state index in [1.165, 1.54) is 11.3 Å². The largest absolute Gasteiger partial charge is 0.481 e. The molecule has 1 unspecified atom stereocenters. The van der Waals surface area contributed by atoms with Crippen LogP contribution in [0.3, 0.4) is 0 Å². The topological polar surface area (TPSA) is 87.1 Å². The summed E-state index contributed by atoms with van der Waals surface area (Å²) in [4.78, 5) is 15.7. The zero-order valence-electron chi connectivity index (χ0n) is 13.1. The minimum Gasteiger partial charge on any atom is -0.481 e. The molecule has 0 spiro atoms. The van der Waals surface area contributed by atoms with E-state index in [4.69, 9.17) is 9.47 Å². The highest BCUT2D eigenvalue weighted by molar-refractivity contribution is 8.45. The second-order valence-corrected chi connectivity index (χ2v) is 8.97. The van der Waals surface area contributed by atoms with Crippen molar-refractivity contribution in [2.45, 2.75) is 24.1 Å². The Balaban J connectivity index is 1.65. The molecule has 0 bridgehead atoms. The smallest absolute Gasteiger partial charge is 0.306 e. The van der Waals surface area contributed by atoms with Gasteiger partial charge in [0.15, 0.2) is 15.1 Å². The molecule has 3 rings (SSSR count). The van der Waals surface area contributed by atoms with Crippen molar-refractivity contribution in [3.63, 3.8) is 0 Å². The fourth-order valence-corrected chi connectivity index (χ4v) is 6.19. The summed E-state index contributed by atoms with van der Waals surface area (Å²) in [6.45, 7) is 2.19. The Hall–Kier alpha value is -1.78. The summed E-state index contributed by atoms with van der Waals surface area (Å²) in [7, 11) is 2.75. The molecule has 1 atom stereocenters. The normalized spacial score (nSPS) is 11.7. The first-order chi connectivity index (χ1) is 11.7. The first kappa shape index (κ1) is 17.1. The second kappa shape index (κ2) is 7.86. The van der Waals surface area contributed by atoms with Crippen LogP contribution in [0.5, 0.6) is 5.88 Å². The number of methoxy groups -OCH3 is 1. The maximum Gasteiger partial charge on any atom is 0.306 e. The average Bonchev–Trinajstić information content (AvgIpc) is 3.18. The van der Waals surface area contributed by atoms with Gasteiger partial charge in [0, 0.05) is 12.5 Å². The van der Waals surface area contributed by atoms with Gasteiger partial charge in [0.1, 0.15) is 5.01 Å². The SMILES string of the molecule is CCOC(=O)CCc1nnc(S[s+]2cc3ccc(OC)nc3n2)s1. The average molecular weight is 384 g/mol. The maximum absolute atomic E-state index is 11.4. The van der Waals surface area contributed by atoms with Crippen LogP contribution in [0.4, 0.5) is 0 Å². The molecule has 0 aliphatic carbocycles. The highest BCUT2D eigenvalue weighted by Crippen LogP contribution is 2.40. The quantitative estimate of drug-likeness (QED) is 0.349. The predicted octanol–water partition coefficient (Wildman–Crippen LogP) is 3.29. The van der Waals surface area contributed by atoms with E-state index in [9.17, 15) is 4.79 Å². The first-order valence-corrected chi connectivity index (χ1v) is 10.6. The Morgan fingerprint density at radius 3 is 3.04 bits per heavy atom. The van der Waals surface area contributed by atoms with Crippen molar-refractivity contribution >= 4 is 48.8 Å². The molecule has 126 valence electrons. The van der Waals surface area contributed by atoms with Gasteiger partial charge >= 0.3 is 5.97 Å². The summed E-state index contributed by atoms with van der Waals surface area (Å²) in [5.41, 5.74) is 0.692. The summed E-state index contributed by atoms with van der Waals surface area (Å²) in [5.74, 6) is 0.344. The molecule has 0 amide bonds. The van der Waals surface area contributed by atoms with Crippen molar-refractivity contribution in [3.05, 3.63) is 22.5 Å². The number of aromatic nitrogens is 4. The molecule has 0 saturated carbocycles. The zero-order valence-corrected chi connectivity index (χ0v) is 15.5. The third-order valence-corrected chi connectivity index (χ3v) is 7.24. The number of esters is 1. The molecule has 24 heavy (non-hydrogen) atoms. The summed E-state index contributed by atoms with van der Waals surface area (Å²) in [6, 6.07) is 3.77. The molecule has 7 nitrogen and oxygen atoms in total. The number of pyridine rings is 1. The van der Waals surface area contributed by atoms with Crippen molar-refractivity contribution in [1.82, 2.24) is 19.6 Å². The molecule has 3 aromatic rings. The molecule has 0 radical (unpaired) electrons. The van der Waals surface area contributed by atoms with Gasteiger partial charge in [-0.15, -0.1) is 10.2 Å². The first-order valence-electron chi connectivity index (χ1n) is 7.19. The van der Waals surface area contributed by atoms with Crippen molar-refractivity contribution < 1.29 is 14.3 Å². The lowest BCUT2D eigenvalue weighted by Crippen LogP contribution is -2.04. The van der Waals surface area contributed by atoms with Crippen LogP contribution >= 0.6 is 31.8 Å². The predicted molar refractivity (Wildman–Crippen MR) is 94.7 cm³/mol. The van der Waals surface area contributed by atoms with E-state index in [2.05, 4.69) is 24.9 Å². The fourth-order valence-electron chi connectivity index (χ4n) is 1.87. The third-order valence-electron chi connectivity index (χ3n) is 2.95. The monoisotopic (exact) mass is 383 g/mol. The number of fused-ring (bicyclic) bond motifs is 1. The van der Waals surface area contributed by atoms with Crippen LogP contribution in [0, 0.1) is 0 Å². The van der Waals surface area contributed by atoms with Crippen LogP contribution in [-0.4, -0.2) is 39.2 Å². The van der Waals surface area contributed by atoms with E-state index in [0.717, 1.165) is 14.7 Å². The van der Waals surface area contributed by atoms with Crippen molar-refractivity contribution in [2.24, 2.45) is 0 Å². The lowest BCUT2D eigenvalue weighted by atomic mass is 10.3. The van der Waals surface area contributed by atoms with E-state index in [1.807, 2.05) is 12.1 Å². The standard InChI is InChI=1S/C14H15N4O3S3/c1-3-21-12(19)7-6-11-16-17-14(22-11)23-24-8-9-4-5-10(20-2)15-13(9)18-24/h4-5,8H,3,6-7H2,1-2H3/q+1. The zero-order chi connectivity index (χ0) is 16.9. The number of hydrogen-bond acceptors (Lipinski definition) is 9. The van der Waals surface area contributed by atoms with Crippen molar-refractivity contribution in [3.8, 4) is 5.88 Å². The van der Waals surface area contributed by atoms with E-state index >= 15 is 0 Å². The highest BCUT2D eigenvalue weighted by atomic mass is 33.1. The van der Waals surface area contributed by atoms with E-state index in [1.54, 1.807) is 24.8 Å². The Morgan fingerprint density at radius 1 is 1.38 bits per heavy atom. The summed E-state index contributed by atoms with van der Waals surface area (Å²) < 4.78 is 15.4. The van der Waals surface area contributed by atoms with Crippen molar-refractivity contribution in [2.75, 3.05) is 13.7 Å². The van der Waals surface area contributed by atoms with Gasteiger partial charge < -0.3 is 9.47 Å². The van der Waals surface area contributed by atoms with Gasteiger partial charge in [0.25, 0.3) is 0 Å². The lowest BCUT2D eigenvalue weighted by Gasteiger charge is -1.98. The van der Waals surface area contributed by atoms with E-state index in [0.29, 0.717) is 31.0 Å². The Bertz CT molecular complexity index is 849. The van der Waals surface area contributed by atoms with Crippen LogP contribution < -0.4 is 4.74 Å². The highest BCUT2D eigenvalue weighted by Gasteiger charge is 2.20. The second-order valence-electron chi connectivity index (χ2n) is 4.60. The van der Waals surface area contributed by atoms with Crippen LogP contribution in [-0.2, 0) is 16.0 Å². The minimum absolute atomic E-state index is 0.210. The summed E-state index contributed by atoms with van der Waals surface area (Å²) >= 11 is 1.48. The molecule has 0 aliphatic heterocycles. The number of rotatable bonds is 7. The number of aryl methyl sites for hydroxylation is 1. The van der Waals surface area contributed by atoms with Gasteiger partial charge in [-0.05, 0) is 17.4 Å². The number of carbonyl (C=O) groups is 1. The Labute approximate surface area is 149 Å². The summed E-state index contributed by atoms with van der Waals surface area (Å²) in [6.07, 6.45) is 0.870. The number of ether oxygens (including phenoxy) is 2. The van der Waals surface area contributed by atoms with Gasteiger partial charge in [0.2, 0.25) is 26.7 Å². The molecule has 3 aromatic heterocycles. The summed E-state index contributed by atoms with van der Waals surface area (Å²) in [5, 5.41) is 12.2. The molecule has 0 saturated heterocycles. The van der Waals surface area contributed by atoms with Crippen LogP contribution in [0.2, 0.25) is 0 Å². The molecule has 10 heteroatoms. The third kappa shape index (κ3) is 4.19. The van der Waals surface area contributed by atoms with E-state index in [-0.39, 0.29) is 15.7 Å². The molecule has 3 heterocycles. The molecular formula is C14H15N4O3S3+. The van der Waals surface area contributed by atoms with Gasteiger partial charge in [-0.25, -0.2) is 0 Å². The van der Waals surface area contributed by atoms with Gasteiger partial charge in [-0.1, -0.05) is 11.3 Å². The van der Waals surface area contributed by atoms with Gasteiger partial charge in [-0.3, -0.25) is 4.79 Å².